The zero-order valence-corrected chi connectivity index (χ0v) is 17.9. The molecule has 1 aliphatic heterocycles. The highest BCUT2D eigenvalue weighted by molar-refractivity contribution is 6.01. The van der Waals surface area contributed by atoms with Crippen LogP contribution in [0.4, 0.5) is 22.7 Å². The minimum Gasteiger partial charge on any atom is -0.372 e. The highest BCUT2D eigenvalue weighted by Crippen LogP contribution is 2.25. The SMILES string of the molecule is O=C(COCC(=O)N(c1ccccc1)c1ccccc1)Nc1ccc(N2CCCC2)cc1. The van der Waals surface area contributed by atoms with Gasteiger partial charge in [0.25, 0.3) is 5.91 Å². The number of carbonyl (C=O) groups is 2. The quantitative estimate of drug-likeness (QED) is 0.568. The van der Waals surface area contributed by atoms with Crippen LogP contribution in [0.15, 0.2) is 84.9 Å². The second kappa shape index (κ2) is 10.6. The third-order valence-electron chi connectivity index (χ3n) is 5.36. The van der Waals surface area contributed by atoms with Crippen LogP contribution < -0.4 is 15.1 Å². The Morgan fingerprint density at radius 3 is 1.91 bits per heavy atom. The van der Waals surface area contributed by atoms with Crippen molar-refractivity contribution in [1.82, 2.24) is 0 Å². The standard InChI is InChI=1S/C26H27N3O3/c30-25(27-21-13-15-22(16-14-21)28-17-7-8-18-28)19-32-20-26(31)29(23-9-3-1-4-10-23)24-11-5-2-6-12-24/h1-6,9-16H,7-8,17-20H2,(H,27,30). The fourth-order valence-corrected chi connectivity index (χ4v) is 3.81. The topological polar surface area (TPSA) is 61.9 Å². The van der Waals surface area contributed by atoms with E-state index in [1.807, 2.05) is 84.9 Å². The van der Waals surface area contributed by atoms with Gasteiger partial charge >= 0.3 is 0 Å². The largest absolute Gasteiger partial charge is 0.372 e. The molecule has 1 N–H and O–H groups in total. The van der Waals surface area contributed by atoms with Crippen LogP contribution in [0, 0.1) is 0 Å². The number of para-hydroxylation sites is 2. The van der Waals surface area contributed by atoms with Crippen LogP contribution >= 0.6 is 0 Å². The molecule has 3 aromatic carbocycles. The number of hydrogen-bond acceptors (Lipinski definition) is 4. The third kappa shape index (κ3) is 5.53. The Bertz CT molecular complexity index is 978. The molecule has 1 aliphatic rings. The maximum Gasteiger partial charge on any atom is 0.257 e. The van der Waals surface area contributed by atoms with Crippen molar-refractivity contribution in [1.29, 1.82) is 0 Å². The van der Waals surface area contributed by atoms with Crippen molar-refractivity contribution in [2.24, 2.45) is 0 Å². The Morgan fingerprint density at radius 2 is 1.34 bits per heavy atom. The lowest BCUT2D eigenvalue weighted by molar-refractivity contribution is -0.126. The number of nitrogens with one attached hydrogen (secondary N) is 1. The Morgan fingerprint density at radius 1 is 0.781 bits per heavy atom. The average Bonchev–Trinajstić information content (AvgIpc) is 3.36. The van der Waals surface area contributed by atoms with E-state index >= 15 is 0 Å². The molecule has 2 amide bonds. The number of rotatable bonds is 8. The lowest BCUT2D eigenvalue weighted by Crippen LogP contribution is -2.31. The van der Waals surface area contributed by atoms with Crippen LogP contribution in [-0.4, -0.2) is 38.1 Å². The van der Waals surface area contributed by atoms with Crippen LogP contribution in [-0.2, 0) is 14.3 Å². The molecule has 0 bridgehead atoms. The van der Waals surface area contributed by atoms with Crippen molar-refractivity contribution < 1.29 is 14.3 Å². The molecule has 3 aromatic rings. The zero-order chi connectivity index (χ0) is 22.2. The molecule has 0 saturated carbocycles. The summed E-state index contributed by atoms with van der Waals surface area (Å²) in [5.74, 6) is -0.539. The van der Waals surface area contributed by atoms with Gasteiger partial charge in [-0.3, -0.25) is 14.5 Å². The number of amides is 2. The molecule has 0 unspecified atom stereocenters. The number of carbonyl (C=O) groups excluding carboxylic acids is 2. The van der Waals surface area contributed by atoms with Gasteiger partial charge < -0.3 is 15.0 Å². The molecule has 1 saturated heterocycles. The van der Waals surface area contributed by atoms with Gasteiger partial charge in [0.05, 0.1) is 0 Å². The number of nitrogens with zero attached hydrogens (tertiary/aromatic N) is 2. The van der Waals surface area contributed by atoms with E-state index in [0.717, 1.165) is 24.5 Å². The summed E-state index contributed by atoms with van der Waals surface area (Å²) in [5.41, 5.74) is 3.37. The first-order valence-corrected chi connectivity index (χ1v) is 10.9. The first-order valence-electron chi connectivity index (χ1n) is 10.9. The van der Waals surface area contributed by atoms with Crippen LogP contribution in [0.3, 0.4) is 0 Å². The summed E-state index contributed by atoms with van der Waals surface area (Å²) < 4.78 is 5.45. The monoisotopic (exact) mass is 429 g/mol. The van der Waals surface area contributed by atoms with Crippen molar-refractivity contribution in [2.45, 2.75) is 12.8 Å². The van der Waals surface area contributed by atoms with Gasteiger partial charge in [0.1, 0.15) is 13.2 Å². The Hall–Kier alpha value is -3.64. The zero-order valence-electron chi connectivity index (χ0n) is 17.9. The first kappa shape index (κ1) is 21.6. The summed E-state index contributed by atoms with van der Waals surface area (Å²) in [6, 6.07) is 26.6. The highest BCUT2D eigenvalue weighted by atomic mass is 16.5. The molecular weight excluding hydrogens is 402 g/mol. The summed E-state index contributed by atoms with van der Waals surface area (Å²) in [4.78, 5) is 29.1. The van der Waals surface area contributed by atoms with Gasteiger partial charge in [0.15, 0.2) is 0 Å². The minimum absolute atomic E-state index is 0.197. The number of hydrogen-bond donors (Lipinski definition) is 1. The molecule has 164 valence electrons. The first-order chi connectivity index (χ1) is 15.7. The van der Waals surface area contributed by atoms with E-state index in [-0.39, 0.29) is 25.0 Å². The molecule has 6 heteroatoms. The van der Waals surface area contributed by atoms with Crippen molar-refractivity contribution in [3.05, 3.63) is 84.9 Å². The third-order valence-corrected chi connectivity index (χ3v) is 5.36. The smallest absolute Gasteiger partial charge is 0.257 e. The average molecular weight is 430 g/mol. The predicted molar refractivity (Wildman–Crippen MR) is 127 cm³/mol. The van der Waals surface area contributed by atoms with E-state index in [4.69, 9.17) is 4.74 Å². The molecule has 1 fully saturated rings. The van der Waals surface area contributed by atoms with Crippen molar-refractivity contribution in [3.63, 3.8) is 0 Å². The van der Waals surface area contributed by atoms with Gasteiger partial charge in [-0.15, -0.1) is 0 Å². The maximum absolute atomic E-state index is 12.9. The molecule has 4 rings (SSSR count). The van der Waals surface area contributed by atoms with Gasteiger partial charge in [-0.05, 0) is 61.4 Å². The van der Waals surface area contributed by atoms with E-state index in [1.165, 1.54) is 18.5 Å². The predicted octanol–water partition coefficient (Wildman–Crippen LogP) is 4.61. The van der Waals surface area contributed by atoms with Gasteiger partial charge in [0, 0.05) is 35.8 Å². The second-order valence-corrected chi connectivity index (χ2v) is 7.68. The fourth-order valence-electron chi connectivity index (χ4n) is 3.81. The molecule has 0 spiro atoms. The molecule has 0 aliphatic carbocycles. The summed E-state index contributed by atoms with van der Waals surface area (Å²) in [6.07, 6.45) is 2.45. The molecule has 0 aromatic heterocycles. The lowest BCUT2D eigenvalue weighted by atomic mass is 10.2. The summed E-state index contributed by atoms with van der Waals surface area (Å²) >= 11 is 0. The molecule has 1 heterocycles. The Kier molecular flexibility index (Phi) is 7.15. The number of ether oxygens (including phenoxy) is 1. The van der Waals surface area contributed by atoms with Crippen LogP contribution in [0.1, 0.15) is 12.8 Å². The van der Waals surface area contributed by atoms with Gasteiger partial charge in [-0.25, -0.2) is 0 Å². The van der Waals surface area contributed by atoms with Crippen molar-refractivity contribution in [3.8, 4) is 0 Å². The summed E-state index contributed by atoms with van der Waals surface area (Å²) in [6.45, 7) is 1.76. The normalized spacial score (nSPS) is 13.1. The van der Waals surface area contributed by atoms with E-state index in [9.17, 15) is 9.59 Å². The molecule has 6 nitrogen and oxygen atoms in total. The molecule has 0 atom stereocenters. The van der Waals surface area contributed by atoms with Crippen LogP contribution in [0.25, 0.3) is 0 Å². The Balaban J connectivity index is 1.30. The minimum atomic E-state index is -0.294. The molecule has 32 heavy (non-hydrogen) atoms. The van der Waals surface area contributed by atoms with Gasteiger partial charge in [-0.1, -0.05) is 36.4 Å². The fraction of sp³-hybridized carbons (Fsp3) is 0.231. The number of anilines is 4. The van der Waals surface area contributed by atoms with Crippen LogP contribution in [0.5, 0.6) is 0 Å². The Labute approximate surface area is 188 Å². The van der Waals surface area contributed by atoms with E-state index in [1.54, 1.807) is 4.90 Å². The van der Waals surface area contributed by atoms with Crippen LogP contribution in [0.2, 0.25) is 0 Å². The maximum atomic E-state index is 12.9. The summed E-state index contributed by atoms with van der Waals surface area (Å²) in [7, 11) is 0. The second-order valence-electron chi connectivity index (χ2n) is 7.68. The van der Waals surface area contributed by atoms with Crippen molar-refractivity contribution >= 4 is 34.6 Å². The van der Waals surface area contributed by atoms with Crippen molar-refractivity contribution in [2.75, 3.05) is 41.4 Å². The molecular formula is C26H27N3O3. The lowest BCUT2D eigenvalue weighted by Gasteiger charge is -2.23. The molecule has 0 radical (unpaired) electrons. The van der Waals surface area contributed by atoms with E-state index < -0.39 is 0 Å². The van der Waals surface area contributed by atoms with Gasteiger partial charge in [-0.2, -0.15) is 0 Å². The summed E-state index contributed by atoms with van der Waals surface area (Å²) in [5, 5.41) is 2.82. The van der Waals surface area contributed by atoms with E-state index in [0.29, 0.717) is 5.69 Å². The number of benzene rings is 3. The highest BCUT2D eigenvalue weighted by Gasteiger charge is 2.18. The van der Waals surface area contributed by atoms with Gasteiger partial charge in [0.2, 0.25) is 5.91 Å². The van der Waals surface area contributed by atoms with E-state index in [2.05, 4.69) is 10.2 Å².